The van der Waals surface area contributed by atoms with E-state index >= 15 is 0 Å². The second kappa shape index (κ2) is 11.2. The van der Waals surface area contributed by atoms with Gasteiger partial charge in [-0.05, 0) is 66.6 Å². The summed E-state index contributed by atoms with van der Waals surface area (Å²) in [5.74, 6) is 0.663. The van der Waals surface area contributed by atoms with Crippen LogP contribution in [0, 0.1) is 0 Å². The number of aromatic carboxylic acids is 1. The summed E-state index contributed by atoms with van der Waals surface area (Å²) >= 11 is 3.40. The van der Waals surface area contributed by atoms with Crippen molar-refractivity contribution in [1.29, 1.82) is 0 Å². The van der Waals surface area contributed by atoms with Gasteiger partial charge in [-0.3, -0.25) is 4.79 Å². The van der Waals surface area contributed by atoms with Crippen LogP contribution in [0.25, 0.3) is 10.9 Å². The Balaban J connectivity index is 1.59. The molecule has 0 atom stereocenters. The van der Waals surface area contributed by atoms with Crippen LogP contribution >= 0.6 is 15.9 Å². The van der Waals surface area contributed by atoms with E-state index in [2.05, 4.69) is 26.0 Å². The minimum absolute atomic E-state index is 0.219. The highest BCUT2D eigenvalue weighted by atomic mass is 79.9. The van der Waals surface area contributed by atoms with Gasteiger partial charge < -0.3 is 14.6 Å². The molecule has 36 heavy (non-hydrogen) atoms. The second-order valence-electron chi connectivity index (χ2n) is 7.83. The molecular weight excluding hydrogens is 526 g/mol. The van der Waals surface area contributed by atoms with E-state index in [-0.39, 0.29) is 17.7 Å². The normalized spacial score (nSPS) is 11.2. The van der Waals surface area contributed by atoms with E-state index < -0.39 is 5.97 Å². The van der Waals surface area contributed by atoms with Gasteiger partial charge in [0.15, 0.2) is 11.5 Å². The molecule has 1 heterocycles. The van der Waals surface area contributed by atoms with Crippen LogP contribution in [0.5, 0.6) is 11.5 Å². The molecule has 3 aromatic carbocycles. The number of benzene rings is 3. The SMILES string of the molecule is CCOc1cc(C=Nn2c(CC)nc3ccc(Br)cc3c2=O)ccc1OCc1ccc(C(=O)O)cc1. The number of halogens is 1. The van der Waals surface area contributed by atoms with E-state index in [0.29, 0.717) is 41.3 Å². The molecule has 0 unspecified atom stereocenters. The Labute approximate surface area is 216 Å². The number of carbonyl (C=O) groups is 1. The Bertz CT molecular complexity index is 1500. The lowest BCUT2D eigenvalue weighted by atomic mass is 10.1. The molecular formula is C27H24BrN3O5. The molecule has 4 rings (SSSR count). The van der Waals surface area contributed by atoms with E-state index in [1.807, 2.05) is 32.0 Å². The number of carboxylic acid groups (broad SMARTS) is 1. The Kier molecular flexibility index (Phi) is 7.80. The molecule has 0 radical (unpaired) electrons. The van der Waals surface area contributed by atoms with Gasteiger partial charge in [0.25, 0.3) is 5.56 Å². The number of carboxylic acids is 1. The Hall–Kier alpha value is -3.98. The van der Waals surface area contributed by atoms with Gasteiger partial charge in [0.2, 0.25) is 0 Å². The minimum Gasteiger partial charge on any atom is -0.490 e. The average molecular weight is 550 g/mol. The number of ether oxygens (including phenoxy) is 2. The standard InChI is InChI=1S/C27H24BrN3O5/c1-3-25-30-22-11-10-20(28)14-21(22)26(32)31(25)29-15-18-7-12-23(24(13-18)35-4-2)36-16-17-5-8-19(9-6-17)27(33)34/h5-15H,3-4,16H2,1-2H3,(H,33,34). The van der Waals surface area contributed by atoms with Gasteiger partial charge >= 0.3 is 5.97 Å². The molecule has 0 aliphatic rings. The molecule has 0 aliphatic heterocycles. The summed E-state index contributed by atoms with van der Waals surface area (Å²) in [6.07, 6.45) is 2.13. The van der Waals surface area contributed by atoms with Crippen molar-refractivity contribution in [2.75, 3.05) is 6.61 Å². The summed E-state index contributed by atoms with van der Waals surface area (Å²) in [6, 6.07) is 17.3. The van der Waals surface area contributed by atoms with Crippen LogP contribution in [0.3, 0.4) is 0 Å². The molecule has 184 valence electrons. The number of aryl methyl sites for hydroxylation is 1. The number of nitrogens with zero attached hydrogens (tertiary/aromatic N) is 3. The topological polar surface area (TPSA) is 103 Å². The fourth-order valence-electron chi connectivity index (χ4n) is 3.56. The molecule has 4 aromatic rings. The zero-order valence-corrected chi connectivity index (χ0v) is 21.4. The van der Waals surface area contributed by atoms with Gasteiger partial charge in [0.1, 0.15) is 12.4 Å². The highest BCUT2D eigenvalue weighted by molar-refractivity contribution is 9.10. The molecule has 0 fully saturated rings. The summed E-state index contributed by atoms with van der Waals surface area (Å²) in [6.45, 7) is 4.49. The zero-order chi connectivity index (χ0) is 25.7. The molecule has 0 saturated heterocycles. The van der Waals surface area contributed by atoms with Crippen LogP contribution in [0.15, 0.2) is 75.0 Å². The number of hydrogen-bond acceptors (Lipinski definition) is 6. The lowest BCUT2D eigenvalue weighted by Gasteiger charge is -2.13. The van der Waals surface area contributed by atoms with E-state index in [0.717, 1.165) is 15.6 Å². The van der Waals surface area contributed by atoms with Crippen molar-refractivity contribution in [3.8, 4) is 11.5 Å². The maximum atomic E-state index is 13.1. The minimum atomic E-state index is -0.973. The van der Waals surface area contributed by atoms with Crippen molar-refractivity contribution < 1.29 is 19.4 Å². The Morgan fingerprint density at radius 2 is 1.83 bits per heavy atom. The van der Waals surface area contributed by atoms with Crippen molar-refractivity contribution in [3.63, 3.8) is 0 Å². The third-order valence-electron chi connectivity index (χ3n) is 5.38. The molecule has 1 aromatic heterocycles. The molecule has 0 amide bonds. The van der Waals surface area contributed by atoms with Crippen molar-refractivity contribution in [2.24, 2.45) is 5.10 Å². The largest absolute Gasteiger partial charge is 0.490 e. The van der Waals surface area contributed by atoms with Gasteiger partial charge in [-0.25, -0.2) is 9.78 Å². The number of hydrogen-bond donors (Lipinski definition) is 1. The monoisotopic (exact) mass is 549 g/mol. The number of rotatable bonds is 9. The number of fused-ring (bicyclic) bond motifs is 1. The molecule has 8 nitrogen and oxygen atoms in total. The maximum Gasteiger partial charge on any atom is 0.335 e. The van der Waals surface area contributed by atoms with Crippen molar-refractivity contribution in [3.05, 3.63) is 98.0 Å². The van der Waals surface area contributed by atoms with E-state index in [1.54, 1.807) is 36.5 Å². The summed E-state index contributed by atoms with van der Waals surface area (Å²) in [5.41, 5.74) is 2.16. The van der Waals surface area contributed by atoms with Crippen LogP contribution in [0.4, 0.5) is 0 Å². The fraction of sp³-hybridized carbons (Fsp3) is 0.185. The molecule has 9 heteroatoms. The first-order valence-electron chi connectivity index (χ1n) is 11.4. The third kappa shape index (κ3) is 5.63. The Morgan fingerprint density at radius 3 is 2.53 bits per heavy atom. The van der Waals surface area contributed by atoms with Crippen LogP contribution < -0.4 is 15.0 Å². The van der Waals surface area contributed by atoms with Crippen LogP contribution in [-0.2, 0) is 13.0 Å². The highest BCUT2D eigenvalue weighted by Crippen LogP contribution is 2.29. The summed E-state index contributed by atoms with van der Waals surface area (Å²) in [4.78, 5) is 28.7. The average Bonchev–Trinajstić information content (AvgIpc) is 2.88. The quantitative estimate of drug-likeness (QED) is 0.285. The summed E-state index contributed by atoms with van der Waals surface area (Å²) in [5, 5.41) is 14.0. The zero-order valence-electron chi connectivity index (χ0n) is 19.8. The third-order valence-corrected chi connectivity index (χ3v) is 5.87. The lowest BCUT2D eigenvalue weighted by Crippen LogP contribution is -2.22. The van der Waals surface area contributed by atoms with Crippen LogP contribution in [0.2, 0.25) is 0 Å². The Morgan fingerprint density at radius 1 is 1.06 bits per heavy atom. The molecule has 0 bridgehead atoms. The predicted molar refractivity (Wildman–Crippen MR) is 141 cm³/mol. The first-order chi connectivity index (χ1) is 17.4. The van der Waals surface area contributed by atoms with Crippen molar-refractivity contribution in [2.45, 2.75) is 26.9 Å². The van der Waals surface area contributed by atoms with E-state index in [4.69, 9.17) is 14.6 Å². The smallest absolute Gasteiger partial charge is 0.335 e. The van der Waals surface area contributed by atoms with Gasteiger partial charge in [0, 0.05) is 10.9 Å². The highest BCUT2D eigenvalue weighted by Gasteiger charge is 2.11. The fourth-order valence-corrected chi connectivity index (χ4v) is 3.93. The van der Waals surface area contributed by atoms with Gasteiger partial charge in [-0.15, -0.1) is 0 Å². The predicted octanol–water partition coefficient (Wildman–Crippen LogP) is 5.28. The summed E-state index contributed by atoms with van der Waals surface area (Å²) < 4.78 is 13.8. The molecule has 0 spiro atoms. The first kappa shape index (κ1) is 25.1. The van der Waals surface area contributed by atoms with Crippen molar-refractivity contribution in [1.82, 2.24) is 9.66 Å². The van der Waals surface area contributed by atoms with Gasteiger partial charge in [-0.2, -0.15) is 9.78 Å². The second-order valence-corrected chi connectivity index (χ2v) is 8.75. The van der Waals surface area contributed by atoms with Crippen LogP contribution in [0.1, 0.15) is 41.2 Å². The van der Waals surface area contributed by atoms with E-state index in [1.165, 1.54) is 16.8 Å². The number of aromatic nitrogens is 2. The first-order valence-corrected chi connectivity index (χ1v) is 12.2. The van der Waals surface area contributed by atoms with Crippen LogP contribution in [-0.4, -0.2) is 33.6 Å². The molecule has 0 aliphatic carbocycles. The summed E-state index contributed by atoms with van der Waals surface area (Å²) in [7, 11) is 0. The lowest BCUT2D eigenvalue weighted by molar-refractivity contribution is 0.0697. The van der Waals surface area contributed by atoms with Gasteiger partial charge in [0.05, 0.1) is 29.3 Å². The maximum absolute atomic E-state index is 13.1. The van der Waals surface area contributed by atoms with Gasteiger partial charge in [-0.1, -0.05) is 35.0 Å². The molecule has 1 N–H and O–H groups in total. The van der Waals surface area contributed by atoms with E-state index in [9.17, 15) is 9.59 Å². The molecule has 0 saturated carbocycles. The van der Waals surface area contributed by atoms with Crippen molar-refractivity contribution >= 4 is 39.0 Å².